The number of esters is 1. The molecule has 0 bridgehead atoms. The van der Waals surface area contributed by atoms with Crippen LogP contribution >= 0.6 is 22.1 Å². The molecule has 0 aliphatic rings. The SMILES string of the molecule is O=C(CC(Cl)CC=C(C(=O)[O-])[s+]1ccnc1NC(=O)OCc1ccccc1)OCc1ccccc1. The van der Waals surface area contributed by atoms with Gasteiger partial charge in [-0.1, -0.05) is 60.7 Å². The highest BCUT2D eigenvalue weighted by Gasteiger charge is 2.25. The molecule has 1 aromatic heterocycles. The summed E-state index contributed by atoms with van der Waals surface area (Å²) in [5, 5.41) is 15.2. The lowest BCUT2D eigenvalue weighted by molar-refractivity contribution is -0.295. The summed E-state index contributed by atoms with van der Waals surface area (Å²) in [5.74, 6) is -1.92. The standard InChI is InChI=1S/C25H23ClN2O6S/c26-20(15-22(29)33-16-18-7-3-1-4-8-18)11-12-21(23(30)31)35-14-13-27-24(35)28-25(32)34-17-19-9-5-2-6-10-19/h1-10,12-14,20H,11,15-17H2,(H-,27,28,30,31,32). The number of rotatable bonds is 11. The Morgan fingerprint density at radius 1 is 1.00 bits per heavy atom. The van der Waals surface area contributed by atoms with Crippen LogP contribution in [0.15, 0.2) is 78.3 Å². The predicted octanol–water partition coefficient (Wildman–Crippen LogP) is 4.30. The van der Waals surface area contributed by atoms with Crippen LogP contribution in [0, 0.1) is 0 Å². The number of nitrogens with zero attached hydrogens (tertiary/aromatic N) is 1. The highest BCUT2D eigenvalue weighted by Crippen LogP contribution is 2.37. The third kappa shape index (κ3) is 8.55. The van der Waals surface area contributed by atoms with E-state index in [1.54, 1.807) is 0 Å². The molecule has 3 rings (SSSR count). The number of alkyl halides is 1. The van der Waals surface area contributed by atoms with Gasteiger partial charge >= 0.3 is 17.2 Å². The Bertz CT molecular complexity index is 1170. The van der Waals surface area contributed by atoms with E-state index in [1.807, 2.05) is 60.7 Å². The molecule has 1 amide bonds. The lowest BCUT2D eigenvalue weighted by atomic mass is 10.2. The first-order valence-corrected chi connectivity index (χ1v) is 12.3. The quantitative estimate of drug-likeness (QED) is 0.175. The van der Waals surface area contributed by atoms with Gasteiger partial charge in [0.05, 0.1) is 23.1 Å². The van der Waals surface area contributed by atoms with Crippen molar-refractivity contribution >= 4 is 50.1 Å². The molecule has 8 nitrogen and oxygen atoms in total. The number of thiazole rings is 1. The molecule has 0 fully saturated rings. The van der Waals surface area contributed by atoms with Gasteiger partial charge in [-0.3, -0.25) is 4.79 Å². The minimum absolute atomic E-state index is 0.0542. The van der Waals surface area contributed by atoms with Crippen molar-refractivity contribution in [2.24, 2.45) is 0 Å². The molecule has 2 aromatic carbocycles. The summed E-state index contributed by atoms with van der Waals surface area (Å²) in [6.45, 7) is 0.183. The number of benzene rings is 2. The molecule has 182 valence electrons. The summed E-state index contributed by atoms with van der Waals surface area (Å²) in [6, 6.07) is 18.3. The number of aromatic nitrogens is 1. The third-order valence-corrected chi connectivity index (χ3v) is 6.80. The van der Waals surface area contributed by atoms with Gasteiger partial charge in [0.2, 0.25) is 4.91 Å². The Kier molecular flexibility index (Phi) is 9.82. The molecule has 3 aromatic rings. The maximum absolute atomic E-state index is 12.2. The van der Waals surface area contributed by atoms with Gasteiger partial charge in [-0.2, -0.15) is 4.98 Å². The molecule has 0 aliphatic heterocycles. The van der Waals surface area contributed by atoms with E-state index in [9.17, 15) is 19.5 Å². The van der Waals surface area contributed by atoms with Crippen LogP contribution in [-0.2, 0) is 32.3 Å². The van der Waals surface area contributed by atoms with Crippen molar-refractivity contribution in [1.29, 1.82) is 0 Å². The fourth-order valence-corrected chi connectivity index (χ4v) is 4.65. The first-order valence-electron chi connectivity index (χ1n) is 10.6. The van der Waals surface area contributed by atoms with Crippen molar-refractivity contribution < 1.29 is 29.0 Å². The van der Waals surface area contributed by atoms with Crippen LogP contribution in [0.25, 0.3) is 4.91 Å². The van der Waals surface area contributed by atoms with Crippen LogP contribution in [0.1, 0.15) is 24.0 Å². The molecule has 10 heteroatoms. The van der Waals surface area contributed by atoms with Crippen LogP contribution in [0.5, 0.6) is 0 Å². The van der Waals surface area contributed by atoms with Crippen LogP contribution in [0.3, 0.4) is 0 Å². The number of ether oxygens (including phenoxy) is 2. The average Bonchev–Trinajstić information content (AvgIpc) is 3.30. The fourth-order valence-electron chi connectivity index (χ4n) is 2.95. The van der Waals surface area contributed by atoms with Crippen molar-refractivity contribution in [3.63, 3.8) is 0 Å². The smallest absolute Gasteiger partial charge is 0.416 e. The third-order valence-electron chi connectivity index (χ3n) is 4.65. The van der Waals surface area contributed by atoms with Gasteiger partial charge in [0.15, 0.2) is 5.38 Å². The number of hydrogen-bond donors (Lipinski definition) is 1. The summed E-state index contributed by atoms with van der Waals surface area (Å²) in [4.78, 5) is 39.9. The zero-order valence-electron chi connectivity index (χ0n) is 18.6. The lowest BCUT2D eigenvalue weighted by Gasteiger charge is -2.08. The van der Waals surface area contributed by atoms with Crippen molar-refractivity contribution in [1.82, 2.24) is 4.98 Å². The molecular weight excluding hydrogens is 492 g/mol. The predicted molar refractivity (Wildman–Crippen MR) is 131 cm³/mol. The largest absolute Gasteiger partial charge is 0.540 e. The number of halogens is 1. The zero-order valence-corrected chi connectivity index (χ0v) is 20.2. The number of nitrogens with one attached hydrogen (secondary N) is 1. The Morgan fingerprint density at radius 2 is 1.60 bits per heavy atom. The van der Waals surface area contributed by atoms with E-state index in [0.29, 0.717) is 0 Å². The Morgan fingerprint density at radius 3 is 2.20 bits per heavy atom. The van der Waals surface area contributed by atoms with Crippen LogP contribution < -0.4 is 10.4 Å². The van der Waals surface area contributed by atoms with Gasteiger partial charge in [-0.05, 0) is 23.6 Å². The molecule has 35 heavy (non-hydrogen) atoms. The number of aliphatic carboxylic acids is 1. The monoisotopic (exact) mass is 514 g/mol. The molecule has 0 radical (unpaired) electrons. The number of carbonyl (C=O) groups excluding carboxylic acids is 3. The van der Waals surface area contributed by atoms with Gasteiger partial charge in [-0.15, -0.1) is 11.6 Å². The number of hydrogen-bond acceptors (Lipinski definition) is 7. The van der Waals surface area contributed by atoms with E-state index in [1.165, 1.54) is 17.7 Å². The van der Waals surface area contributed by atoms with Crippen LogP contribution in [0.4, 0.5) is 9.93 Å². The number of carbonyl (C=O) groups is 3. The average molecular weight is 515 g/mol. The highest BCUT2D eigenvalue weighted by molar-refractivity contribution is 7.47. The van der Waals surface area contributed by atoms with Gasteiger partial charge in [0, 0.05) is 5.38 Å². The second kappa shape index (κ2) is 13.3. The number of anilines is 1. The molecule has 1 heterocycles. The highest BCUT2D eigenvalue weighted by atomic mass is 35.5. The van der Waals surface area contributed by atoms with Crippen LogP contribution in [0.2, 0.25) is 0 Å². The Balaban J connectivity index is 1.55. The number of carboxylic acids is 1. The second-order valence-electron chi connectivity index (χ2n) is 7.28. The van der Waals surface area contributed by atoms with Crippen molar-refractivity contribution in [2.45, 2.75) is 31.4 Å². The Labute approximate surface area is 210 Å². The molecule has 0 saturated carbocycles. The Hall–Kier alpha value is -3.69. The van der Waals surface area contributed by atoms with E-state index in [0.717, 1.165) is 11.1 Å². The molecule has 0 saturated heterocycles. The van der Waals surface area contributed by atoms with E-state index in [-0.39, 0.29) is 36.1 Å². The number of allylic oxidation sites excluding steroid dienone is 1. The summed E-state index contributed by atoms with van der Waals surface area (Å²) < 4.78 is 10.4. The summed E-state index contributed by atoms with van der Waals surface area (Å²) in [5.41, 5.74) is 1.65. The van der Waals surface area contributed by atoms with Crippen LogP contribution in [-0.4, -0.2) is 28.4 Å². The number of carboxylic acid groups (broad SMARTS) is 1. The number of amides is 1. The van der Waals surface area contributed by atoms with E-state index in [2.05, 4.69) is 10.3 Å². The van der Waals surface area contributed by atoms with E-state index < -0.39 is 33.9 Å². The normalized spacial score (nSPS) is 12.5. The summed E-state index contributed by atoms with van der Waals surface area (Å²) in [7, 11) is -1.18. The maximum atomic E-state index is 12.2. The molecule has 0 aliphatic carbocycles. The minimum Gasteiger partial charge on any atom is -0.540 e. The van der Waals surface area contributed by atoms with Gasteiger partial charge in [-0.25, -0.2) is 10.1 Å². The van der Waals surface area contributed by atoms with Gasteiger partial charge in [0.1, 0.15) is 19.2 Å². The first kappa shape index (κ1) is 25.9. The summed E-state index contributed by atoms with van der Waals surface area (Å²) >= 11 is 6.24. The molecule has 1 N–H and O–H groups in total. The molecule has 2 atom stereocenters. The van der Waals surface area contributed by atoms with Crippen molar-refractivity contribution in [2.75, 3.05) is 5.32 Å². The summed E-state index contributed by atoms with van der Waals surface area (Å²) in [6.07, 6.45) is 1.99. The topological polar surface area (TPSA) is 118 Å². The minimum atomic E-state index is -1.43. The molecule has 0 spiro atoms. The molecule has 2 unspecified atom stereocenters. The van der Waals surface area contributed by atoms with Crippen molar-refractivity contribution in [3.05, 3.63) is 89.4 Å². The second-order valence-corrected chi connectivity index (χ2v) is 9.67. The zero-order chi connectivity index (χ0) is 25.0. The first-order chi connectivity index (χ1) is 16.9. The van der Waals surface area contributed by atoms with Gasteiger partial charge < -0.3 is 19.4 Å². The van der Waals surface area contributed by atoms with E-state index in [4.69, 9.17) is 21.1 Å². The maximum Gasteiger partial charge on any atom is 0.416 e. The van der Waals surface area contributed by atoms with Gasteiger partial charge in [0.25, 0.3) is 0 Å². The van der Waals surface area contributed by atoms with Crippen molar-refractivity contribution in [3.8, 4) is 0 Å². The fraction of sp³-hybridized carbons (Fsp3) is 0.200. The molecular formula is C25H23ClN2O6S. The lowest BCUT2D eigenvalue weighted by Crippen LogP contribution is -2.23. The van der Waals surface area contributed by atoms with E-state index >= 15 is 0 Å².